The van der Waals surface area contributed by atoms with Crippen molar-refractivity contribution < 1.29 is 26.4 Å². The van der Waals surface area contributed by atoms with Crippen molar-refractivity contribution in [2.24, 2.45) is 0 Å². The van der Waals surface area contributed by atoms with Crippen LogP contribution >= 0.6 is 55.1 Å². The lowest BCUT2D eigenvalue weighted by atomic mass is 10.1. The lowest BCUT2D eigenvalue weighted by Gasteiger charge is -2.21. The topological polar surface area (TPSA) is 151 Å². The first-order chi connectivity index (χ1) is 28.6. The zero-order valence-corrected chi connectivity index (χ0v) is 40.4. The number of allylic oxidation sites excluding steroid dienone is 1. The third-order valence-electron chi connectivity index (χ3n) is 9.83. The van der Waals surface area contributed by atoms with Crippen LogP contribution in [0.1, 0.15) is 62.7 Å². The van der Waals surface area contributed by atoms with Crippen molar-refractivity contribution >= 4 is 124 Å². The molecule has 0 aliphatic heterocycles. The first-order valence-corrected chi connectivity index (χ1v) is 24.7. The Morgan fingerprint density at radius 1 is 0.754 bits per heavy atom. The molecule has 0 atom stereocenters. The lowest BCUT2D eigenvalue weighted by molar-refractivity contribution is 0.0547. The van der Waals surface area contributed by atoms with Crippen LogP contribution in [0.25, 0.3) is 54.8 Å². The van der Waals surface area contributed by atoms with Crippen molar-refractivity contribution in [3.05, 3.63) is 115 Å². The van der Waals surface area contributed by atoms with Gasteiger partial charge in [0.05, 0.1) is 59.3 Å². The predicted octanol–water partition coefficient (Wildman–Crippen LogP) is 11.7. The van der Waals surface area contributed by atoms with Crippen molar-refractivity contribution in [3.8, 4) is 11.4 Å². The molecule has 5 aromatic heterocycles. The Kier molecular flexibility index (Phi) is 12.3. The van der Waals surface area contributed by atoms with E-state index in [0.29, 0.717) is 55.9 Å². The molecular weight excluding hydrogens is 989 g/mol. The molecule has 316 valence electrons. The normalized spacial score (nSPS) is 13.2. The molecule has 11 nitrogen and oxygen atoms in total. The number of carbonyl (C=O) groups is 1. The summed E-state index contributed by atoms with van der Waals surface area (Å²) in [5.74, 6) is -0.149. The van der Waals surface area contributed by atoms with E-state index in [0.717, 1.165) is 31.0 Å². The molecule has 0 bridgehead atoms. The average molecular weight is 1030 g/mol. The van der Waals surface area contributed by atoms with E-state index in [-0.39, 0.29) is 37.7 Å². The summed E-state index contributed by atoms with van der Waals surface area (Å²) in [5, 5.41) is 2.01. The van der Waals surface area contributed by atoms with Crippen molar-refractivity contribution in [2.75, 3.05) is 11.5 Å². The fourth-order valence-corrected chi connectivity index (χ4v) is 10.4. The van der Waals surface area contributed by atoms with Crippen molar-refractivity contribution in [1.29, 1.82) is 0 Å². The van der Waals surface area contributed by atoms with Crippen LogP contribution in [0, 0.1) is 13.8 Å². The number of fused-ring (bicyclic) bond motifs is 4. The van der Waals surface area contributed by atoms with Crippen LogP contribution in [0.2, 0.25) is 5.02 Å². The van der Waals surface area contributed by atoms with Crippen LogP contribution in [0.15, 0.2) is 91.8 Å². The Balaban J connectivity index is 0.000000189. The number of hydrogen-bond acceptors (Lipinski definition) is 10. The largest absolute Gasteiger partial charge is 0.443 e. The van der Waals surface area contributed by atoms with Gasteiger partial charge in [-0.3, -0.25) is 9.97 Å². The Hall–Kier alpha value is -4.25. The second kappa shape index (κ2) is 16.8. The first kappa shape index (κ1) is 44.8. The summed E-state index contributed by atoms with van der Waals surface area (Å²) in [7, 11) is -7.21. The SMILES string of the molecule is CCS(=O)(=O)c1cc2ccc(Br)cc2nc1-c1c(Cl)c2ncc(C)cc2n1C(=O)OC(C)(C)C.CCS(=O)(=O)c1cc2ccc(Br)cc2nc1C1=C(Cl)c2ncc(C)cc2C1. The Bertz CT molecular complexity index is 3240. The summed E-state index contributed by atoms with van der Waals surface area (Å²) in [6.07, 6.45) is 3.20. The van der Waals surface area contributed by atoms with E-state index in [2.05, 4.69) is 46.8 Å². The van der Waals surface area contributed by atoms with E-state index in [1.807, 2.05) is 44.2 Å². The highest BCUT2D eigenvalue weighted by Gasteiger charge is 2.32. The fourth-order valence-electron chi connectivity index (χ4n) is 6.90. The molecule has 17 heteroatoms. The molecule has 0 fully saturated rings. The molecule has 1 aliphatic carbocycles. The van der Waals surface area contributed by atoms with E-state index < -0.39 is 31.4 Å². The molecule has 2 aromatic carbocycles. The van der Waals surface area contributed by atoms with Crippen molar-refractivity contribution in [1.82, 2.24) is 24.5 Å². The van der Waals surface area contributed by atoms with Crippen LogP contribution in [0.5, 0.6) is 0 Å². The van der Waals surface area contributed by atoms with Gasteiger partial charge in [-0.1, -0.05) is 87.1 Å². The van der Waals surface area contributed by atoms with E-state index in [9.17, 15) is 21.6 Å². The Morgan fingerprint density at radius 2 is 1.28 bits per heavy atom. The smallest absolute Gasteiger partial charge is 0.419 e. The van der Waals surface area contributed by atoms with Crippen LogP contribution < -0.4 is 0 Å². The van der Waals surface area contributed by atoms with E-state index in [4.69, 9.17) is 32.9 Å². The number of pyridine rings is 4. The molecule has 7 aromatic rings. The number of hydrogen-bond donors (Lipinski definition) is 0. The van der Waals surface area contributed by atoms with Gasteiger partial charge in [-0.15, -0.1) is 0 Å². The summed E-state index contributed by atoms with van der Waals surface area (Å²) in [5.41, 5.74) is 6.07. The highest BCUT2D eigenvalue weighted by molar-refractivity contribution is 9.10. The summed E-state index contributed by atoms with van der Waals surface area (Å²) in [4.78, 5) is 31.8. The minimum absolute atomic E-state index is 0.00107. The maximum atomic E-state index is 13.4. The number of ether oxygens (including phenoxy) is 1. The molecule has 8 rings (SSSR count). The molecular formula is C44H39Br2Cl2N5O6S2. The third kappa shape index (κ3) is 8.87. The van der Waals surface area contributed by atoms with E-state index in [1.54, 1.807) is 77.3 Å². The van der Waals surface area contributed by atoms with Crippen LogP contribution in [0.3, 0.4) is 0 Å². The highest BCUT2D eigenvalue weighted by atomic mass is 79.9. The number of aromatic nitrogens is 5. The predicted molar refractivity (Wildman–Crippen MR) is 250 cm³/mol. The first-order valence-electron chi connectivity index (χ1n) is 19.0. The molecule has 1 aliphatic rings. The van der Waals surface area contributed by atoms with Gasteiger partial charge in [-0.2, -0.15) is 0 Å². The molecule has 0 saturated carbocycles. The summed E-state index contributed by atoms with van der Waals surface area (Å²) in [6.45, 7) is 12.2. The van der Waals surface area contributed by atoms with Gasteiger partial charge in [0.1, 0.15) is 22.5 Å². The van der Waals surface area contributed by atoms with E-state index >= 15 is 0 Å². The zero-order chi connectivity index (χ0) is 44.3. The van der Waals surface area contributed by atoms with Gasteiger partial charge in [0.25, 0.3) is 0 Å². The molecule has 0 amide bonds. The Labute approximate surface area is 380 Å². The highest BCUT2D eigenvalue weighted by Crippen LogP contribution is 2.43. The fraction of sp³-hybridized carbons (Fsp3) is 0.250. The zero-order valence-electron chi connectivity index (χ0n) is 34.1. The maximum absolute atomic E-state index is 13.4. The number of benzene rings is 2. The number of sulfone groups is 2. The van der Waals surface area contributed by atoms with Crippen LogP contribution in [-0.4, -0.2) is 64.5 Å². The number of aryl methyl sites for hydroxylation is 2. The third-order valence-corrected chi connectivity index (χ3v) is 15.1. The van der Waals surface area contributed by atoms with Crippen molar-refractivity contribution in [3.63, 3.8) is 0 Å². The van der Waals surface area contributed by atoms with Gasteiger partial charge in [-0.25, -0.2) is 36.2 Å². The molecule has 0 spiro atoms. The molecule has 61 heavy (non-hydrogen) atoms. The maximum Gasteiger partial charge on any atom is 0.419 e. The van der Waals surface area contributed by atoms with Gasteiger partial charge in [0, 0.05) is 44.1 Å². The molecule has 0 saturated heterocycles. The minimum Gasteiger partial charge on any atom is -0.443 e. The quantitative estimate of drug-likeness (QED) is 0.157. The monoisotopic (exact) mass is 1030 g/mol. The number of rotatable bonds is 6. The second-order valence-corrected chi connectivity index (χ2v) is 22.6. The van der Waals surface area contributed by atoms with Crippen LogP contribution in [-0.2, 0) is 30.8 Å². The molecule has 0 N–H and O–H groups in total. The average Bonchev–Trinajstić information content (AvgIpc) is 3.67. The molecule has 5 heterocycles. The summed E-state index contributed by atoms with van der Waals surface area (Å²) < 4.78 is 60.5. The van der Waals surface area contributed by atoms with E-state index in [1.165, 1.54) is 4.57 Å². The van der Waals surface area contributed by atoms with Gasteiger partial charge >= 0.3 is 6.09 Å². The number of halogens is 4. The second-order valence-electron chi connectivity index (χ2n) is 15.5. The summed E-state index contributed by atoms with van der Waals surface area (Å²) in [6, 6.07) is 18.0. The van der Waals surface area contributed by atoms with Crippen LogP contribution in [0.4, 0.5) is 4.79 Å². The molecule has 0 radical (unpaired) electrons. The molecule has 0 unspecified atom stereocenters. The van der Waals surface area contributed by atoms with Gasteiger partial charge in [-0.05, 0) is 93.8 Å². The minimum atomic E-state index is -3.74. The lowest BCUT2D eigenvalue weighted by Crippen LogP contribution is -2.27. The van der Waals surface area contributed by atoms with Gasteiger partial charge in [0.2, 0.25) is 0 Å². The number of nitrogens with zero attached hydrogens (tertiary/aromatic N) is 5. The van der Waals surface area contributed by atoms with Crippen molar-refractivity contribution in [2.45, 2.75) is 70.3 Å². The number of carbonyl (C=O) groups excluding carboxylic acids is 1. The summed E-state index contributed by atoms with van der Waals surface area (Å²) >= 11 is 20.3. The Morgan fingerprint density at radius 3 is 1.84 bits per heavy atom. The van der Waals surface area contributed by atoms with Gasteiger partial charge < -0.3 is 4.74 Å². The van der Waals surface area contributed by atoms with Gasteiger partial charge in [0.15, 0.2) is 19.7 Å². The standard InChI is InChI=1S/C24H23BrClN3O4S.C20H16BrClN2O2S/c1-6-34(31,32)18-10-14-7-8-15(25)11-16(14)28-21(18)22-19(26)20-17(9-13(2)12-27-20)29(22)23(30)33-24(3,4)5;1-3-27(25,26)17-8-12-4-5-14(21)9-16(12)24-20(17)15-7-13-6-11(2)10-23-19(13)18(15)22/h7-12H,6H2,1-5H3;4-6,8-10H,3,7H2,1-2H3.